The van der Waals surface area contributed by atoms with Gasteiger partial charge in [-0.2, -0.15) is 0 Å². The largest absolute Gasteiger partial charge is 0.398 e. The number of nitrogens with zero attached hydrogens (tertiary/aromatic N) is 1. The lowest BCUT2D eigenvalue weighted by Crippen LogP contribution is -2.28. The number of nitrogens with two attached hydrogens (primary N) is 1. The van der Waals surface area contributed by atoms with Crippen LogP contribution >= 0.6 is 11.6 Å². The van der Waals surface area contributed by atoms with Crippen molar-refractivity contribution in [2.45, 2.75) is 6.54 Å². The highest BCUT2D eigenvalue weighted by Crippen LogP contribution is 2.18. The second-order valence-electron chi connectivity index (χ2n) is 3.58. The molecule has 17 heavy (non-hydrogen) atoms. The van der Waals surface area contributed by atoms with E-state index in [9.17, 15) is 9.59 Å². The first-order valence-electron chi connectivity index (χ1n) is 4.90. The van der Waals surface area contributed by atoms with Crippen molar-refractivity contribution >= 4 is 17.3 Å². The molecule has 3 N–H and O–H groups in total. The molecule has 0 saturated heterocycles. The van der Waals surface area contributed by atoms with E-state index in [1.165, 1.54) is 16.8 Å². The number of nitrogens with one attached hydrogen (secondary N) is 1. The fraction of sp³-hybridized carbons (Fsp3) is 0.0909. The van der Waals surface area contributed by atoms with Crippen LogP contribution in [-0.2, 0) is 6.54 Å². The molecule has 0 amide bonds. The molecule has 1 aromatic carbocycles. The first-order chi connectivity index (χ1) is 8.06. The summed E-state index contributed by atoms with van der Waals surface area (Å²) in [6.45, 7) is 0.206. The van der Waals surface area contributed by atoms with Gasteiger partial charge in [-0.1, -0.05) is 17.7 Å². The molecule has 0 fully saturated rings. The van der Waals surface area contributed by atoms with Gasteiger partial charge in [0, 0.05) is 22.8 Å². The van der Waals surface area contributed by atoms with E-state index in [1.807, 2.05) is 0 Å². The van der Waals surface area contributed by atoms with E-state index in [-0.39, 0.29) is 17.7 Å². The first kappa shape index (κ1) is 11.5. The molecule has 6 heteroatoms. The van der Waals surface area contributed by atoms with E-state index in [0.29, 0.717) is 10.7 Å². The summed E-state index contributed by atoms with van der Waals surface area (Å²) in [6, 6.07) is 7.40. The Morgan fingerprint density at radius 2 is 2.00 bits per heavy atom. The number of benzene rings is 1. The third kappa shape index (κ3) is 2.57. The Morgan fingerprint density at radius 3 is 2.71 bits per heavy atom. The average molecular weight is 252 g/mol. The highest BCUT2D eigenvalue weighted by Gasteiger charge is 2.03. The summed E-state index contributed by atoms with van der Waals surface area (Å²) in [7, 11) is 0. The zero-order valence-electron chi connectivity index (χ0n) is 8.81. The summed E-state index contributed by atoms with van der Waals surface area (Å²) in [6.07, 6.45) is 0. The normalized spacial score (nSPS) is 10.4. The van der Waals surface area contributed by atoms with Crippen LogP contribution in [0.15, 0.2) is 39.9 Å². The van der Waals surface area contributed by atoms with E-state index in [1.54, 1.807) is 18.2 Å². The fourth-order valence-corrected chi connectivity index (χ4v) is 1.64. The van der Waals surface area contributed by atoms with Gasteiger partial charge in [0.25, 0.3) is 11.1 Å². The monoisotopic (exact) mass is 251 g/mol. The van der Waals surface area contributed by atoms with Gasteiger partial charge in [0.05, 0.1) is 6.54 Å². The number of aromatic amines is 1. The van der Waals surface area contributed by atoms with Crippen molar-refractivity contribution in [2.75, 3.05) is 5.73 Å². The summed E-state index contributed by atoms with van der Waals surface area (Å²) in [5, 5.41) is 2.95. The minimum atomic E-state index is -0.336. The third-order valence-electron chi connectivity index (χ3n) is 2.32. The summed E-state index contributed by atoms with van der Waals surface area (Å²) in [5.41, 5.74) is 6.34. The van der Waals surface area contributed by atoms with Gasteiger partial charge in [-0.25, -0.2) is 4.68 Å². The van der Waals surface area contributed by atoms with E-state index in [4.69, 9.17) is 17.3 Å². The second-order valence-corrected chi connectivity index (χ2v) is 4.01. The zero-order chi connectivity index (χ0) is 12.4. The van der Waals surface area contributed by atoms with Crippen molar-refractivity contribution < 1.29 is 0 Å². The lowest BCUT2D eigenvalue weighted by atomic mass is 10.2. The predicted molar refractivity (Wildman–Crippen MR) is 66.3 cm³/mol. The van der Waals surface area contributed by atoms with Crippen molar-refractivity contribution in [1.82, 2.24) is 9.78 Å². The van der Waals surface area contributed by atoms with Crippen LogP contribution in [0.5, 0.6) is 0 Å². The topological polar surface area (TPSA) is 80.9 Å². The molecule has 88 valence electrons. The minimum absolute atomic E-state index is 0.206. The number of nitrogen functional groups attached to an aromatic ring is 1. The highest BCUT2D eigenvalue weighted by atomic mass is 35.5. The van der Waals surface area contributed by atoms with Gasteiger partial charge in [-0.05, 0) is 17.7 Å². The van der Waals surface area contributed by atoms with Crippen LogP contribution < -0.4 is 16.9 Å². The first-order valence-corrected chi connectivity index (χ1v) is 5.28. The maximum absolute atomic E-state index is 11.5. The number of aromatic nitrogens is 2. The predicted octanol–water partition coefficient (Wildman–Crippen LogP) is 0.820. The molecule has 0 bridgehead atoms. The lowest BCUT2D eigenvalue weighted by molar-refractivity contribution is 0.628. The van der Waals surface area contributed by atoms with Crippen LogP contribution in [0.25, 0.3) is 0 Å². The smallest absolute Gasteiger partial charge is 0.265 e. The molecular formula is C11H10ClN3O2. The van der Waals surface area contributed by atoms with E-state index >= 15 is 0 Å². The summed E-state index contributed by atoms with van der Waals surface area (Å²) < 4.78 is 1.20. The molecule has 0 spiro atoms. The SMILES string of the molecule is Nc1cc(Cl)ccc1Cn1[nH]c(=O)ccc1=O. The number of anilines is 1. The van der Waals surface area contributed by atoms with Gasteiger partial charge >= 0.3 is 0 Å². The number of halogens is 1. The van der Waals surface area contributed by atoms with Crippen molar-refractivity contribution in [3.05, 3.63) is 61.6 Å². The van der Waals surface area contributed by atoms with Crippen molar-refractivity contribution in [3.8, 4) is 0 Å². The van der Waals surface area contributed by atoms with Crippen LogP contribution in [0.4, 0.5) is 5.69 Å². The maximum atomic E-state index is 11.5. The molecule has 2 rings (SSSR count). The summed E-state index contributed by atoms with van der Waals surface area (Å²) >= 11 is 5.77. The molecule has 0 aliphatic rings. The Morgan fingerprint density at radius 1 is 1.24 bits per heavy atom. The minimum Gasteiger partial charge on any atom is -0.398 e. The van der Waals surface area contributed by atoms with Crippen LogP contribution in [0, 0.1) is 0 Å². The standard InChI is InChI=1S/C11H10ClN3O2/c12-8-2-1-7(9(13)5-8)6-15-11(17)4-3-10(16)14-15/h1-5H,6,13H2,(H,14,16). The molecule has 0 aliphatic carbocycles. The molecule has 2 aromatic rings. The molecule has 5 nitrogen and oxygen atoms in total. The Kier molecular flexibility index (Phi) is 3.01. The lowest BCUT2D eigenvalue weighted by Gasteiger charge is -2.07. The maximum Gasteiger partial charge on any atom is 0.265 e. The quantitative estimate of drug-likeness (QED) is 0.776. The van der Waals surface area contributed by atoms with Gasteiger partial charge in [0.15, 0.2) is 0 Å². The average Bonchev–Trinajstić information content (AvgIpc) is 2.27. The van der Waals surface area contributed by atoms with Crippen LogP contribution in [-0.4, -0.2) is 9.78 Å². The van der Waals surface area contributed by atoms with E-state index in [2.05, 4.69) is 5.10 Å². The Labute approximate surface area is 101 Å². The molecule has 0 unspecified atom stereocenters. The molecule has 1 aromatic heterocycles. The Balaban J connectivity index is 2.41. The van der Waals surface area contributed by atoms with Gasteiger partial charge in [0.1, 0.15) is 0 Å². The summed E-state index contributed by atoms with van der Waals surface area (Å²) in [4.78, 5) is 22.6. The molecule has 0 saturated carbocycles. The van der Waals surface area contributed by atoms with E-state index in [0.717, 1.165) is 5.56 Å². The molecule has 0 aliphatic heterocycles. The molecule has 0 radical (unpaired) electrons. The van der Waals surface area contributed by atoms with Gasteiger partial charge < -0.3 is 5.73 Å². The zero-order valence-corrected chi connectivity index (χ0v) is 9.57. The number of H-pyrrole nitrogens is 1. The number of hydrogen-bond donors (Lipinski definition) is 2. The van der Waals surface area contributed by atoms with Gasteiger partial charge in [-0.15, -0.1) is 0 Å². The second kappa shape index (κ2) is 4.47. The highest BCUT2D eigenvalue weighted by molar-refractivity contribution is 6.30. The fourth-order valence-electron chi connectivity index (χ4n) is 1.46. The van der Waals surface area contributed by atoms with Gasteiger partial charge in [0.2, 0.25) is 0 Å². The van der Waals surface area contributed by atoms with Crippen molar-refractivity contribution in [2.24, 2.45) is 0 Å². The molecular weight excluding hydrogens is 242 g/mol. The Hall–Kier alpha value is -2.01. The van der Waals surface area contributed by atoms with Crippen molar-refractivity contribution in [3.63, 3.8) is 0 Å². The molecule has 1 heterocycles. The third-order valence-corrected chi connectivity index (χ3v) is 2.56. The number of hydrogen-bond acceptors (Lipinski definition) is 3. The molecule has 0 atom stereocenters. The van der Waals surface area contributed by atoms with Crippen molar-refractivity contribution in [1.29, 1.82) is 0 Å². The van der Waals surface area contributed by atoms with Crippen LogP contribution in [0.3, 0.4) is 0 Å². The Bertz CT molecular complexity index is 660. The van der Waals surface area contributed by atoms with Crippen LogP contribution in [0.2, 0.25) is 5.02 Å². The van der Waals surface area contributed by atoms with Gasteiger partial charge in [-0.3, -0.25) is 14.7 Å². The number of rotatable bonds is 2. The van der Waals surface area contributed by atoms with Crippen LogP contribution in [0.1, 0.15) is 5.56 Å². The van der Waals surface area contributed by atoms with E-state index < -0.39 is 0 Å². The summed E-state index contributed by atoms with van der Waals surface area (Å²) in [5.74, 6) is 0.